The summed E-state index contributed by atoms with van der Waals surface area (Å²) in [6.45, 7) is 4.05. The van der Waals surface area contributed by atoms with Crippen molar-refractivity contribution in [3.63, 3.8) is 0 Å². The van der Waals surface area contributed by atoms with Crippen LogP contribution in [-0.2, 0) is 21.4 Å². The van der Waals surface area contributed by atoms with Gasteiger partial charge >= 0.3 is 0 Å². The molecule has 2 amide bonds. The number of hydrogen-bond donors (Lipinski definition) is 2. The highest BCUT2D eigenvalue weighted by Crippen LogP contribution is 2.37. The molecule has 0 fully saturated rings. The highest BCUT2D eigenvalue weighted by atomic mass is 32.2. The Bertz CT molecular complexity index is 1630. The van der Waals surface area contributed by atoms with Gasteiger partial charge in [0.15, 0.2) is 0 Å². The zero-order chi connectivity index (χ0) is 26.7. The third-order valence-electron chi connectivity index (χ3n) is 6.73. The first-order valence-electron chi connectivity index (χ1n) is 12.3. The number of hydrogen-bond acceptors (Lipinski definition) is 4. The number of carbonyl (C=O) groups is 2. The van der Waals surface area contributed by atoms with Crippen molar-refractivity contribution >= 4 is 38.3 Å². The first-order chi connectivity index (χ1) is 18.4. The van der Waals surface area contributed by atoms with Gasteiger partial charge in [-0.3, -0.25) is 13.9 Å². The Morgan fingerprint density at radius 3 is 2.42 bits per heavy atom. The van der Waals surface area contributed by atoms with E-state index in [1.54, 1.807) is 12.1 Å². The molecular weight excluding hydrogens is 498 g/mol. The van der Waals surface area contributed by atoms with E-state index in [9.17, 15) is 18.0 Å². The van der Waals surface area contributed by atoms with Crippen LogP contribution < -0.4 is 14.9 Å². The molecule has 1 aliphatic heterocycles. The maximum atomic E-state index is 13.6. The third-order valence-corrected chi connectivity index (χ3v) is 8.55. The number of amides is 2. The van der Waals surface area contributed by atoms with Crippen molar-refractivity contribution in [1.82, 2.24) is 10.6 Å². The predicted molar refractivity (Wildman–Crippen MR) is 148 cm³/mol. The van der Waals surface area contributed by atoms with Crippen LogP contribution in [0.15, 0.2) is 109 Å². The normalized spacial score (nSPS) is 14.9. The number of sulfonamides is 1. The minimum Gasteiger partial charge on any atom is -0.348 e. The second-order valence-electron chi connectivity index (χ2n) is 9.04. The number of benzene rings is 4. The number of para-hydroxylation sites is 1. The lowest BCUT2D eigenvalue weighted by Gasteiger charge is -2.35. The van der Waals surface area contributed by atoms with Gasteiger partial charge in [0.25, 0.3) is 15.9 Å². The molecule has 38 heavy (non-hydrogen) atoms. The fourth-order valence-electron chi connectivity index (χ4n) is 4.79. The predicted octanol–water partition coefficient (Wildman–Crippen LogP) is 4.71. The molecule has 2 N–H and O–H groups in total. The molecule has 7 nitrogen and oxygen atoms in total. The zero-order valence-corrected chi connectivity index (χ0v) is 21.4. The largest absolute Gasteiger partial charge is 0.348 e. The zero-order valence-electron chi connectivity index (χ0n) is 20.6. The number of rotatable bonds is 7. The minimum atomic E-state index is -3.89. The average Bonchev–Trinajstić information content (AvgIpc) is 2.95. The average molecular weight is 526 g/mol. The van der Waals surface area contributed by atoms with E-state index in [0.29, 0.717) is 24.2 Å². The van der Waals surface area contributed by atoms with Gasteiger partial charge in [-0.25, -0.2) is 8.42 Å². The molecule has 0 saturated heterocycles. The molecule has 4 aromatic rings. The minimum absolute atomic E-state index is 0.0893. The summed E-state index contributed by atoms with van der Waals surface area (Å²) < 4.78 is 28.5. The molecule has 1 aliphatic rings. The number of nitrogens with one attached hydrogen (secondary N) is 2. The van der Waals surface area contributed by atoms with Crippen LogP contribution in [0.25, 0.3) is 10.8 Å². The fourth-order valence-corrected chi connectivity index (χ4v) is 6.30. The van der Waals surface area contributed by atoms with Crippen LogP contribution in [0.2, 0.25) is 0 Å². The van der Waals surface area contributed by atoms with Crippen molar-refractivity contribution in [2.24, 2.45) is 0 Å². The van der Waals surface area contributed by atoms with Crippen LogP contribution in [0.5, 0.6) is 0 Å². The summed E-state index contributed by atoms with van der Waals surface area (Å²) in [6.07, 6.45) is 1.62. The molecule has 0 bridgehead atoms. The molecule has 1 heterocycles. The number of anilines is 1. The van der Waals surface area contributed by atoms with Gasteiger partial charge in [0.05, 0.1) is 16.6 Å². The lowest BCUT2D eigenvalue weighted by atomic mass is 9.98. The molecule has 0 aromatic heterocycles. The summed E-state index contributed by atoms with van der Waals surface area (Å²) in [7, 11) is -3.89. The molecule has 5 rings (SSSR count). The van der Waals surface area contributed by atoms with Gasteiger partial charge in [-0.2, -0.15) is 0 Å². The summed E-state index contributed by atoms with van der Waals surface area (Å²) in [4.78, 5) is 24.8. The smallest absolute Gasteiger partial charge is 0.264 e. The Balaban J connectivity index is 1.32. The summed E-state index contributed by atoms with van der Waals surface area (Å²) in [5.74, 6) is -0.596. The number of fused-ring (bicyclic) bond motifs is 2. The van der Waals surface area contributed by atoms with E-state index in [2.05, 4.69) is 17.2 Å². The first kappa shape index (κ1) is 25.2. The molecule has 0 radical (unpaired) electrons. The van der Waals surface area contributed by atoms with Gasteiger partial charge < -0.3 is 10.6 Å². The van der Waals surface area contributed by atoms with Crippen LogP contribution in [0.4, 0.5) is 5.69 Å². The van der Waals surface area contributed by atoms with Gasteiger partial charge in [0.1, 0.15) is 0 Å². The molecule has 192 valence electrons. The lowest BCUT2D eigenvalue weighted by Crippen LogP contribution is -2.40. The van der Waals surface area contributed by atoms with Crippen molar-refractivity contribution < 1.29 is 18.0 Å². The molecule has 4 aromatic carbocycles. The molecule has 0 saturated carbocycles. The quantitative estimate of drug-likeness (QED) is 0.342. The second-order valence-corrected chi connectivity index (χ2v) is 10.9. The highest BCUT2D eigenvalue weighted by molar-refractivity contribution is 7.92. The van der Waals surface area contributed by atoms with Gasteiger partial charge in [0.2, 0.25) is 5.91 Å². The second kappa shape index (κ2) is 10.5. The summed E-state index contributed by atoms with van der Waals surface area (Å²) in [6, 6.07) is 26.7. The lowest BCUT2D eigenvalue weighted by molar-refractivity contribution is -0.117. The first-order valence-corrected chi connectivity index (χ1v) is 13.7. The van der Waals surface area contributed by atoms with Gasteiger partial charge in [0, 0.05) is 18.7 Å². The summed E-state index contributed by atoms with van der Waals surface area (Å²) in [5.41, 5.74) is 2.62. The standard InChI is InChI=1S/C30H27N3O4S/c1-2-29(34)32-27-18-19-33(28-13-6-5-12-26(27)28)38(36,37)24-16-14-22(15-17-24)30(35)31-20-23-10-7-9-21-8-3-4-11-25(21)23/h2-17,27H,1,18-20H2,(H,31,35)(H,32,34). The van der Waals surface area contributed by atoms with E-state index in [4.69, 9.17) is 0 Å². The van der Waals surface area contributed by atoms with Crippen LogP contribution in [0.3, 0.4) is 0 Å². The van der Waals surface area contributed by atoms with Crippen molar-refractivity contribution in [2.45, 2.75) is 23.9 Å². The Morgan fingerprint density at radius 1 is 0.921 bits per heavy atom. The van der Waals surface area contributed by atoms with Gasteiger partial charge in [-0.15, -0.1) is 0 Å². The van der Waals surface area contributed by atoms with Crippen LogP contribution in [-0.4, -0.2) is 26.8 Å². The maximum absolute atomic E-state index is 13.6. The highest BCUT2D eigenvalue weighted by Gasteiger charge is 2.33. The van der Waals surface area contributed by atoms with E-state index in [1.807, 2.05) is 54.6 Å². The molecule has 1 unspecified atom stereocenters. The van der Waals surface area contributed by atoms with E-state index >= 15 is 0 Å². The number of nitrogens with zero attached hydrogens (tertiary/aromatic N) is 1. The Kier molecular flexibility index (Phi) is 6.98. The molecule has 0 aliphatic carbocycles. The van der Waals surface area contributed by atoms with E-state index in [-0.39, 0.29) is 29.3 Å². The maximum Gasteiger partial charge on any atom is 0.264 e. The van der Waals surface area contributed by atoms with Gasteiger partial charge in [-0.1, -0.05) is 67.2 Å². The number of carbonyl (C=O) groups excluding carboxylic acids is 2. The summed E-state index contributed by atoms with van der Waals surface area (Å²) >= 11 is 0. The monoisotopic (exact) mass is 525 g/mol. The van der Waals surface area contributed by atoms with Crippen molar-refractivity contribution in [1.29, 1.82) is 0 Å². The SMILES string of the molecule is C=CC(=O)NC1CCN(S(=O)(=O)c2ccc(C(=O)NCc3cccc4ccccc34)cc2)c2ccccc21. The van der Waals surface area contributed by atoms with Crippen LogP contribution in [0.1, 0.15) is 33.9 Å². The van der Waals surface area contributed by atoms with Gasteiger partial charge in [-0.05, 0) is 64.7 Å². The fraction of sp³-hybridized carbons (Fsp3) is 0.133. The van der Waals surface area contributed by atoms with Crippen LogP contribution in [0, 0.1) is 0 Å². The van der Waals surface area contributed by atoms with Crippen LogP contribution >= 0.6 is 0 Å². The van der Waals surface area contributed by atoms with E-state index in [1.165, 1.54) is 34.6 Å². The molecular formula is C30H27N3O4S. The molecule has 8 heteroatoms. The summed E-state index contributed by atoms with van der Waals surface area (Å²) in [5, 5.41) is 7.97. The molecule has 0 spiro atoms. The Labute approximate surface area is 221 Å². The van der Waals surface area contributed by atoms with Crippen molar-refractivity contribution in [3.8, 4) is 0 Å². The third kappa shape index (κ3) is 4.90. The van der Waals surface area contributed by atoms with Crippen molar-refractivity contribution in [2.75, 3.05) is 10.8 Å². The molecule has 1 atom stereocenters. The van der Waals surface area contributed by atoms with Crippen molar-refractivity contribution in [3.05, 3.63) is 120 Å². The Morgan fingerprint density at radius 2 is 1.63 bits per heavy atom. The van der Waals surface area contributed by atoms with E-state index < -0.39 is 10.0 Å². The topological polar surface area (TPSA) is 95.6 Å². The van der Waals surface area contributed by atoms with E-state index in [0.717, 1.165) is 21.9 Å². The Hall–Kier alpha value is -4.43.